The van der Waals surface area contributed by atoms with Crippen LogP contribution in [0.25, 0.3) is 11.1 Å². The van der Waals surface area contributed by atoms with Gasteiger partial charge in [0, 0.05) is 12.5 Å². The van der Waals surface area contributed by atoms with Crippen molar-refractivity contribution in [3.05, 3.63) is 45.6 Å². The van der Waals surface area contributed by atoms with Gasteiger partial charge in [-0.05, 0) is 59.6 Å². The summed E-state index contributed by atoms with van der Waals surface area (Å²) in [5.41, 5.74) is 2.63. The number of aliphatic carboxylic acids is 1. The topological polar surface area (TPSA) is 152 Å². The summed E-state index contributed by atoms with van der Waals surface area (Å²) in [5, 5.41) is 18.5. The van der Waals surface area contributed by atoms with Gasteiger partial charge in [-0.2, -0.15) is 0 Å². The van der Waals surface area contributed by atoms with Crippen molar-refractivity contribution in [3.63, 3.8) is 0 Å². The minimum absolute atomic E-state index is 0.163. The molecule has 11 nitrogen and oxygen atoms in total. The minimum atomic E-state index is -1.11. The van der Waals surface area contributed by atoms with Gasteiger partial charge in [0.05, 0.1) is 33.1 Å². The summed E-state index contributed by atoms with van der Waals surface area (Å²) in [5.74, 6) is -1.05. The minimum Gasteiger partial charge on any atom is -0.493 e. The Balaban J connectivity index is 2.21. The second-order valence-electron chi connectivity index (χ2n) is 11.3. The summed E-state index contributed by atoms with van der Waals surface area (Å²) in [6, 6.07) is 4.32. The number of amides is 2. The maximum absolute atomic E-state index is 13.8. The molecule has 0 bridgehead atoms. The summed E-state index contributed by atoms with van der Waals surface area (Å²) in [4.78, 5) is 51.5. The van der Waals surface area contributed by atoms with Gasteiger partial charge in [-0.3, -0.25) is 14.4 Å². The molecular formula is C33H45N3O8. The normalized spacial score (nSPS) is 16.5. The summed E-state index contributed by atoms with van der Waals surface area (Å²) in [6.07, 6.45) is 2.24. The summed E-state index contributed by atoms with van der Waals surface area (Å²) in [6.45, 7) is 8.85. The van der Waals surface area contributed by atoms with Crippen LogP contribution in [-0.2, 0) is 20.8 Å². The largest absolute Gasteiger partial charge is 0.493 e. The number of benzene rings is 1. The summed E-state index contributed by atoms with van der Waals surface area (Å²) >= 11 is 0. The molecule has 44 heavy (non-hydrogen) atoms. The molecule has 0 spiro atoms. The van der Waals surface area contributed by atoms with Crippen molar-refractivity contribution in [1.29, 1.82) is 0 Å². The molecule has 0 saturated carbocycles. The molecule has 1 aliphatic rings. The number of nitrogens with one attached hydrogen (secondary N) is 3. The van der Waals surface area contributed by atoms with E-state index in [0.717, 1.165) is 5.56 Å². The van der Waals surface area contributed by atoms with Gasteiger partial charge in [-0.25, -0.2) is 4.79 Å². The second-order valence-corrected chi connectivity index (χ2v) is 11.3. The Bertz CT molecular complexity index is 1440. The van der Waals surface area contributed by atoms with E-state index in [4.69, 9.17) is 14.2 Å². The van der Waals surface area contributed by atoms with Crippen LogP contribution in [0.1, 0.15) is 71.0 Å². The fraction of sp³-hybridized carbons (Fsp3) is 0.515. The van der Waals surface area contributed by atoms with Crippen LogP contribution in [0.5, 0.6) is 17.2 Å². The Labute approximate surface area is 258 Å². The fourth-order valence-electron chi connectivity index (χ4n) is 5.62. The van der Waals surface area contributed by atoms with E-state index in [1.807, 2.05) is 26.8 Å². The van der Waals surface area contributed by atoms with Crippen molar-refractivity contribution < 1.29 is 33.7 Å². The molecule has 2 aromatic carbocycles. The van der Waals surface area contributed by atoms with Crippen molar-refractivity contribution in [3.8, 4) is 28.4 Å². The summed E-state index contributed by atoms with van der Waals surface area (Å²) in [7, 11) is 4.59. The molecule has 4 N–H and O–H groups in total. The van der Waals surface area contributed by atoms with Crippen LogP contribution < -0.4 is 35.6 Å². The van der Waals surface area contributed by atoms with Gasteiger partial charge in [0.2, 0.25) is 23.0 Å². The molecule has 0 radical (unpaired) electrons. The van der Waals surface area contributed by atoms with E-state index in [9.17, 15) is 24.3 Å². The first-order valence-corrected chi connectivity index (χ1v) is 15.0. The lowest BCUT2D eigenvalue weighted by molar-refractivity contribution is -0.143. The first-order valence-electron chi connectivity index (χ1n) is 15.0. The van der Waals surface area contributed by atoms with Gasteiger partial charge in [0.1, 0.15) is 12.1 Å². The lowest BCUT2D eigenvalue weighted by Crippen LogP contribution is -2.52. The lowest BCUT2D eigenvalue weighted by atomic mass is 9.95. The zero-order valence-electron chi connectivity index (χ0n) is 26.8. The number of hydrogen-bond donors (Lipinski definition) is 4. The molecule has 0 aliphatic heterocycles. The first kappa shape index (κ1) is 34.2. The monoisotopic (exact) mass is 611 g/mol. The van der Waals surface area contributed by atoms with Crippen LogP contribution in [0.15, 0.2) is 29.1 Å². The van der Waals surface area contributed by atoms with Gasteiger partial charge in [0.15, 0.2) is 11.5 Å². The predicted octanol–water partition coefficient (Wildman–Crippen LogP) is 4.31. The van der Waals surface area contributed by atoms with Crippen LogP contribution in [-0.4, -0.2) is 56.3 Å². The highest BCUT2D eigenvalue weighted by atomic mass is 16.5. The highest BCUT2D eigenvalue weighted by molar-refractivity contribution is 5.89. The van der Waals surface area contributed by atoms with Crippen molar-refractivity contribution in [2.75, 3.05) is 26.6 Å². The number of rotatable bonds is 13. The van der Waals surface area contributed by atoms with E-state index in [1.54, 1.807) is 26.2 Å². The van der Waals surface area contributed by atoms with Gasteiger partial charge in [0.25, 0.3) is 0 Å². The number of fused-ring (bicyclic) bond motifs is 3. The Hall–Kier alpha value is -4.28. The molecule has 0 aromatic heterocycles. The Morgan fingerprint density at radius 1 is 0.955 bits per heavy atom. The SMILES string of the molecule is CCC(C)C(NC(=O)C(Nc1ccc2c(cc1=O)C(NC(C)=O)CCc1cc(OC)c(OC)c(OC)c1-2)C(C)CC)C(=O)O. The molecular weight excluding hydrogens is 566 g/mol. The number of ether oxygens (including phenoxy) is 3. The number of carbonyl (C=O) groups excluding carboxylic acids is 2. The third kappa shape index (κ3) is 7.26. The maximum Gasteiger partial charge on any atom is 0.326 e. The third-order valence-corrected chi connectivity index (χ3v) is 8.50. The zero-order chi connectivity index (χ0) is 32.7. The zero-order valence-corrected chi connectivity index (χ0v) is 26.8. The van der Waals surface area contributed by atoms with Crippen LogP contribution in [0.2, 0.25) is 0 Å². The third-order valence-electron chi connectivity index (χ3n) is 8.50. The number of carbonyl (C=O) groups is 3. The number of carboxylic acid groups (broad SMARTS) is 1. The molecule has 5 atom stereocenters. The maximum atomic E-state index is 13.8. The highest BCUT2D eigenvalue weighted by Crippen LogP contribution is 2.50. The van der Waals surface area contributed by atoms with Gasteiger partial charge in [-0.15, -0.1) is 0 Å². The average molecular weight is 612 g/mol. The van der Waals surface area contributed by atoms with E-state index >= 15 is 0 Å². The van der Waals surface area contributed by atoms with Crippen LogP contribution in [0.3, 0.4) is 0 Å². The van der Waals surface area contributed by atoms with E-state index in [1.165, 1.54) is 27.2 Å². The number of carboxylic acids is 1. The quantitative estimate of drug-likeness (QED) is 0.260. The van der Waals surface area contributed by atoms with Crippen molar-refractivity contribution in [2.45, 2.75) is 78.4 Å². The van der Waals surface area contributed by atoms with E-state index in [2.05, 4.69) is 16.0 Å². The van der Waals surface area contributed by atoms with Crippen molar-refractivity contribution >= 4 is 23.5 Å². The molecule has 0 heterocycles. The van der Waals surface area contributed by atoms with Crippen LogP contribution in [0, 0.1) is 11.8 Å². The molecule has 11 heteroatoms. The number of aryl methyl sites for hydroxylation is 1. The predicted molar refractivity (Wildman–Crippen MR) is 169 cm³/mol. The molecule has 0 fully saturated rings. The Morgan fingerprint density at radius 3 is 2.14 bits per heavy atom. The Kier molecular flexibility index (Phi) is 11.6. The number of hydrogen-bond acceptors (Lipinski definition) is 8. The molecule has 3 rings (SSSR count). The molecule has 2 aromatic rings. The van der Waals surface area contributed by atoms with Gasteiger partial charge in [-0.1, -0.05) is 46.6 Å². The van der Waals surface area contributed by atoms with Crippen molar-refractivity contribution in [1.82, 2.24) is 10.6 Å². The standard InChI is InChI=1S/C33H45N3O8/c1-9-17(3)28(32(39)36-29(33(40)41)18(4)10-2)35-24-14-12-21-22(16-25(24)38)23(34-19(5)37)13-11-20-15-26(42-6)30(43-7)31(44-8)27(20)21/h12,14-18,23,28-29H,9-11,13H2,1-8H3,(H,34,37)(H,35,38)(H,36,39)(H,40,41). The second kappa shape index (κ2) is 14.9. The van der Waals surface area contributed by atoms with Crippen LogP contribution >= 0.6 is 0 Å². The number of methoxy groups -OCH3 is 3. The molecule has 240 valence electrons. The van der Waals surface area contributed by atoms with Gasteiger partial charge >= 0.3 is 5.97 Å². The van der Waals surface area contributed by atoms with E-state index in [0.29, 0.717) is 59.6 Å². The molecule has 1 aliphatic carbocycles. The molecule has 2 amide bonds. The smallest absolute Gasteiger partial charge is 0.326 e. The van der Waals surface area contributed by atoms with Gasteiger partial charge < -0.3 is 35.3 Å². The highest BCUT2D eigenvalue weighted by Gasteiger charge is 2.33. The first-order chi connectivity index (χ1) is 20.9. The van der Waals surface area contributed by atoms with Crippen molar-refractivity contribution in [2.24, 2.45) is 11.8 Å². The van der Waals surface area contributed by atoms with E-state index < -0.39 is 30.0 Å². The molecule has 5 unspecified atom stereocenters. The van der Waals surface area contributed by atoms with E-state index in [-0.39, 0.29) is 28.9 Å². The lowest BCUT2D eigenvalue weighted by Gasteiger charge is -2.27. The average Bonchev–Trinajstić information content (AvgIpc) is 3.24. The molecule has 0 saturated heterocycles. The fourth-order valence-corrected chi connectivity index (χ4v) is 5.62. The van der Waals surface area contributed by atoms with Crippen LogP contribution in [0.4, 0.5) is 5.69 Å². The number of anilines is 1. The summed E-state index contributed by atoms with van der Waals surface area (Å²) < 4.78 is 17.1. The Morgan fingerprint density at radius 2 is 1.59 bits per heavy atom.